The van der Waals surface area contributed by atoms with Gasteiger partial charge in [-0.3, -0.25) is 0 Å². The number of methoxy groups -OCH3 is 1. The highest BCUT2D eigenvalue weighted by Crippen LogP contribution is 2.11. The lowest BCUT2D eigenvalue weighted by Crippen LogP contribution is -2.29. The van der Waals surface area contributed by atoms with E-state index in [4.69, 9.17) is 10.00 Å². The number of hydrogen-bond acceptors (Lipinski definition) is 3. The summed E-state index contributed by atoms with van der Waals surface area (Å²) in [5.74, 6) is 0.887. The van der Waals surface area contributed by atoms with E-state index in [1.807, 2.05) is 12.1 Å². The third-order valence-corrected chi connectivity index (χ3v) is 2.84. The summed E-state index contributed by atoms with van der Waals surface area (Å²) in [4.78, 5) is 0. The topological polar surface area (TPSA) is 45.0 Å². The molecule has 1 rings (SSSR count). The monoisotopic (exact) mass is 232 g/mol. The molecule has 0 amide bonds. The van der Waals surface area contributed by atoms with Crippen LogP contribution in [0, 0.1) is 11.3 Å². The van der Waals surface area contributed by atoms with Crippen molar-refractivity contribution in [1.29, 1.82) is 5.26 Å². The maximum absolute atomic E-state index is 8.64. The van der Waals surface area contributed by atoms with Crippen LogP contribution in [0.25, 0.3) is 0 Å². The molecular formula is C14H20N2O. The fraction of sp³-hybridized carbons (Fsp3) is 0.500. The first-order chi connectivity index (χ1) is 8.30. The molecule has 0 saturated carbocycles. The van der Waals surface area contributed by atoms with E-state index in [0.717, 1.165) is 25.1 Å². The zero-order valence-electron chi connectivity index (χ0n) is 10.6. The van der Waals surface area contributed by atoms with Gasteiger partial charge in [-0.05, 0) is 37.1 Å². The summed E-state index contributed by atoms with van der Waals surface area (Å²) >= 11 is 0. The number of nitrogens with zero attached hydrogens (tertiary/aromatic N) is 1. The third kappa shape index (κ3) is 4.88. The molecule has 1 aromatic carbocycles. The average molecular weight is 232 g/mol. The first-order valence-electron chi connectivity index (χ1n) is 6.03. The first kappa shape index (κ1) is 13.5. The van der Waals surface area contributed by atoms with E-state index in [9.17, 15) is 0 Å². The van der Waals surface area contributed by atoms with Crippen molar-refractivity contribution in [2.75, 3.05) is 13.7 Å². The fourth-order valence-electron chi connectivity index (χ4n) is 1.68. The van der Waals surface area contributed by atoms with Gasteiger partial charge in [0.1, 0.15) is 5.75 Å². The molecule has 92 valence electrons. The summed E-state index contributed by atoms with van der Waals surface area (Å²) in [6, 6.07) is 10.6. The van der Waals surface area contributed by atoms with Crippen molar-refractivity contribution in [2.45, 2.75) is 32.2 Å². The van der Waals surface area contributed by atoms with Crippen LogP contribution in [0.2, 0.25) is 0 Å². The number of ether oxygens (including phenoxy) is 1. The van der Waals surface area contributed by atoms with E-state index >= 15 is 0 Å². The molecule has 0 saturated heterocycles. The molecule has 0 bridgehead atoms. The van der Waals surface area contributed by atoms with E-state index < -0.39 is 0 Å². The van der Waals surface area contributed by atoms with Crippen molar-refractivity contribution in [3.8, 4) is 11.8 Å². The summed E-state index contributed by atoms with van der Waals surface area (Å²) in [6.07, 6.45) is 2.56. The van der Waals surface area contributed by atoms with Gasteiger partial charge in [0, 0.05) is 6.04 Å². The molecule has 1 N–H and O–H groups in total. The molecule has 0 heterocycles. The molecule has 1 atom stereocenters. The highest BCUT2D eigenvalue weighted by Gasteiger charge is 2.03. The molecule has 3 nitrogen and oxygen atoms in total. The van der Waals surface area contributed by atoms with E-state index in [-0.39, 0.29) is 0 Å². The molecule has 0 fully saturated rings. The molecule has 0 aliphatic rings. The number of hydrogen-bond donors (Lipinski definition) is 1. The number of nitriles is 1. The Balaban J connectivity index is 2.32. The lowest BCUT2D eigenvalue weighted by Gasteiger charge is -2.13. The SMILES string of the molecule is CCC(CC#N)NCCc1ccc(OC)cc1. The molecule has 0 aromatic heterocycles. The minimum Gasteiger partial charge on any atom is -0.497 e. The van der Waals surface area contributed by atoms with Crippen LogP contribution in [0.15, 0.2) is 24.3 Å². The number of rotatable bonds is 7. The standard InChI is InChI=1S/C14H20N2O/c1-3-13(8-10-15)16-11-9-12-4-6-14(17-2)7-5-12/h4-7,13,16H,3,8-9,11H2,1-2H3. The van der Waals surface area contributed by atoms with Gasteiger partial charge >= 0.3 is 0 Å². The maximum Gasteiger partial charge on any atom is 0.118 e. The Hall–Kier alpha value is -1.53. The Labute approximate surface area is 103 Å². The van der Waals surface area contributed by atoms with Crippen molar-refractivity contribution >= 4 is 0 Å². The third-order valence-electron chi connectivity index (χ3n) is 2.84. The minimum absolute atomic E-state index is 0.318. The van der Waals surface area contributed by atoms with Crippen molar-refractivity contribution < 1.29 is 4.74 Å². The molecule has 3 heteroatoms. The van der Waals surface area contributed by atoms with E-state index in [0.29, 0.717) is 12.5 Å². The highest BCUT2D eigenvalue weighted by molar-refractivity contribution is 5.27. The van der Waals surface area contributed by atoms with Crippen LogP contribution in [-0.2, 0) is 6.42 Å². The van der Waals surface area contributed by atoms with Gasteiger partial charge in [0.05, 0.1) is 19.6 Å². The normalized spacial score (nSPS) is 11.8. The minimum atomic E-state index is 0.318. The summed E-state index contributed by atoms with van der Waals surface area (Å²) in [5.41, 5.74) is 1.28. The summed E-state index contributed by atoms with van der Waals surface area (Å²) in [5, 5.41) is 12.0. The zero-order chi connectivity index (χ0) is 12.5. The van der Waals surface area contributed by atoms with Crippen LogP contribution in [-0.4, -0.2) is 19.7 Å². The van der Waals surface area contributed by atoms with Gasteiger partial charge in [0.15, 0.2) is 0 Å². The zero-order valence-corrected chi connectivity index (χ0v) is 10.6. The van der Waals surface area contributed by atoms with Gasteiger partial charge in [-0.15, -0.1) is 0 Å². The van der Waals surface area contributed by atoms with Crippen LogP contribution >= 0.6 is 0 Å². The Morgan fingerprint density at radius 2 is 2.06 bits per heavy atom. The van der Waals surface area contributed by atoms with Crippen molar-refractivity contribution in [2.24, 2.45) is 0 Å². The van der Waals surface area contributed by atoms with Crippen molar-refractivity contribution in [3.63, 3.8) is 0 Å². The second kappa shape index (κ2) is 7.70. The fourth-order valence-corrected chi connectivity index (χ4v) is 1.68. The van der Waals surface area contributed by atoms with Crippen LogP contribution in [0.3, 0.4) is 0 Å². The molecule has 17 heavy (non-hydrogen) atoms. The predicted octanol–water partition coefficient (Wildman–Crippen LogP) is 2.52. The van der Waals surface area contributed by atoms with E-state index in [2.05, 4.69) is 30.4 Å². The van der Waals surface area contributed by atoms with Crippen molar-refractivity contribution in [3.05, 3.63) is 29.8 Å². The number of nitrogens with one attached hydrogen (secondary N) is 1. The molecule has 0 radical (unpaired) electrons. The first-order valence-corrected chi connectivity index (χ1v) is 6.03. The van der Waals surface area contributed by atoms with Gasteiger partial charge in [-0.2, -0.15) is 5.26 Å². The second-order valence-electron chi connectivity index (χ2n) is 4.02. The lowest BCUT2D eigenvalue weighted by molar-refractivity contribution is 0.414. The van der Waals surface area contributed by atoms with E-state index in [1.165, 1.54) is 5.56 Å². The Bertz CT molecular complexity index is 353. The molecule has 0 aliphatic heterocycles. The van der Waals surface area contributed by atoms with Crippen LogP contribution in [0.4, 0.5) is 0 Å². The van der Waals surface area contributed by atoms with Crippen molar-refractivity contribution in [1.82, 2.24) is 5.32 Å². The van der Waals surface area contributed by atoms with Gasteiger partial charge < -0.3 is 10.1 Å². The molecule has 1 aromatic rings. The summed E-state index contributed by atoms with van der Waals surface area (Å²) < 4.78 is 5.11. The lowest BCUT2D eigenvalue weighted by atomic mass is 10.1. The Kier molecular flexibility index (Phi) is 6.13. The van der Waals surface area contributed by atoms with Gasteiger partial charge in [-0.1, -0.05) is 19.1 Å². The van der Waals surface area contributed by atoms with Crippen LogP contribution in [0.1, 0.15) is 25.3 Å². The summed E-state index contributed by atoms with van der Waals surface area (Å²) in [7, 11) is 1.67. The quantitative estimate of drug-likeness (QED) is 0.785. The molecule has 1 unspecified atom stereocenters. The smallest absolute Gasteiger partial charge is 0.118 e. The predicted molar refractivity (Wildman–Crippen MR) is 69.0 cm³/mol. The Morgan fingerprint density at radius 1 is 1.35 bits per heavy atom. The molecular weight excluding hydrogens is 212 g/mol. The van der Waals surface area contributed by atoms with Gasteiger partial charge in [-0.25, -0.2) is 0 Å². The van der Waals surface area contributed by atoms with Gasteiger partial charge in [0.25, 0.3) is 0 Å². The van der Waals surface area contributed by atoms with Gasteiger partial charge in [0.2, 0.25) is 0 Å². The maximum atomic E-state index is 8.64. The highest BCUT2D eigenvalue weighted by atomic mass is 16.5. The molecule has 0 aliphatic carbocycles. The van der Waals surface area contributed by atoms with E-state index in [1.54, 1.807) is 7.11 Å². The van der Waals surface area contributed by atoms with Crippen LogP contribution < -0.4 is 10.1 Å². The summed E-state index contributed by atoms with van der Waals surface area (Å²) in [6.45, 7) is 3.01. The Morgan fingerprint density at radius 3 is 2.59 bits per heavy atom. The second-order valence-corrected chi connectivity index (χ2v) is 4.02. The number of benzene rings is 1. The largest absolute Gasteiger partial charge is 0.497 e. The molecule has 0 spiro atoms. The van der Waals surface area contributed by atoms with Crippen LogP contribution in [0.5, 0.6) is 5.75 Å². The average Bonchev–Trinajstić information content (AvgIpc) is 2.38.